The molecule has 5 heterocycles. The Kier molecular flexibility index (Phi) is 12.1. The number of aryl methyl sites for hydroxylation is 1. The maximum atomic E-state index is 14.7. The normalized spacial score (nSPS) is 28.4. The molecule has 1 aromatic heterocycles. The molecule has 0 aliphatic carbocycles. The highest BCUT2D eigenvalue weighted by Gasteiger charge is 2.47. The van der Waals surface area contributed by atoms with Gasteiger partial charge in [-0.1, -0.05) is 42.4 Å². The van der Waals surface area contributed by atoms with Crippen LogP contribution in [0.4, 0.5) is 10.6 Å². The van der Waals surface area contributed by atoms with E-state index in [4.69, 9.17) is 9.26 Å². The molecule has 6 rings (SSSR count). The number of carbonyl (C=O) groups excluding carboxylic acids is 7. The van der Waals surface area contributed by atoms with Gasteiger partial charge < -0.3 is 39.9 Å². The first-order chi connectivity index (χ1) is 26.3. The molecule has 1 aromatic carbocycles. The summed E-state index contributed by atoms with van der Waals surface area (Å²) in [5.74, 6) is -2.98. The van der Waals surface area contributed by atoms with Gasteiger partial charge >= 0.3 is 12.0 Å². The molecule has 0 bridgehead atoms. The highest BCUT2D eigenvalue weighted by atomic mass is 16.5. The fourth-order valence-corrected chi connectivity index (χ4v) is 8.02. The Morgan fingerprint density at radius 3 is 2.33 bits per heavy atom. The van der Waals surface area contributed by atoms with Crippen molar-refractivity contribution in [3.8, 4) is 0 Å². The standard InChI is InChI=1S/C38H50N8O9/c1-21-17-29-37(52)54-24(4)31(42-32(47)26(19-25-11-6-5-7-12-25)40-38(53)41-30-18-22(2)55-43-30)36(51)45-16-10-14-28(45)35(50)44-15-9-8-13-27(44)33(48)39-23(3)34(49)46(29)20-21/h5-7,11-12,18,21,23-24,26-29,31H,8-10,13-17,19-20H2,1-4H3,(H,39,48)(H,42,47)(H2,40,41,43,53)/t21-,23+,24?,26+,27+,28+,29+,31+/m1/s1. The van der Waals surface area contributed by atoms with Crippen molar-refractivity contribution in [3.05, 3.63) is 47.7 Å². The number of fused-ring (bicyclic) bond motifs is 3. The third kappa shape index (κ3) is 8.92. The van der Waals surface area contributed by atoms with Gasteiger partial charge in [-0.05, 0) is 70.8 Å². The van der Waals surface area contributed by atoms with Crippen molar-refractivity contribution < 1.29 is 42.8 Å². The van der Waals surface area contributed by atoms with Crippen molar-refractivity contribution in [2.24, 2.45) is 5.92 Å². The molecule has 0 radical (unpaired) electrons. The number of hydrogen-bond donors (Lipinski definition) is 4. The summed E-state index contributed by atoms with van der Waals surface area (Å²) in [5.41, 5.74) is 0.712. The topological polar surface area (TPSA) is 213 Å². The molecule has 4 fully saturated rings. The highest BCUT2D eigenvalue weighted by molar-refractivity contribution is 5.98. The van der Waals surface area contributed by atoms with Crippen LogP contribution >= 0.6 is 0 Å². The minimum Gasteiger partial charge on any atom is -0.458 e. The van der Waals surface area contributed by atoms with E-state index in [1.165, 1.54) is 27.7 Å². The molecule has 8 atom stereocenters. The minimum absolute atomic E-state index is 0.0332. The van der Waals surface area contributed by atoms with Gasteiger partial charge in [0.2, 0.25) is 29.5 Å². The van der Waals surface area contributed by atoms with E-state index >= 15 is 0 Å². The van der Waals surface area contributed by atoms with E-state index in [1.54, 1.807) is 38.1 Å². The third-order valence-electron chi connectivity index (χ3n) is 10.8. The molecule has 7 amide bonds. The molecule has 4 aliphatic rings. The van der Waals surface area contributed by atoms with E-state index < -0.39 is 83.9 Å². The second-order valence-electron chi connectivity index (χ2n) is 15.1. The van der Waals surface area contributed by atoms with E-state index in [-0.39, 0.29) is 31.2 Å². The van der Waals surface area contributed by atoms with Crippen molar-refractivity contribution in [2.45, 2.75) is 115 Å². The quantitative estimate of drug-likeness (QED) is 0.310. The lowest BCUT2D eigenvalue weighted by atomic mass is 9.99. The molecule has 0 saturated carbocycles. The number of aromatic nitrogens is 1. The van der Waals surface area contributed by atoms with Gasteiger partial charge in [0.25, 0.3) is 0 Å². The molecule has 1 unspecified atom stereocenters. The van der Waals surface area contributed by atoms with Crippen LogP contribution < -0.4 is 21.3 Å². The lowest BCUT2D eigenvalue weighted by molar-refractivity contribution is -0.163. The summed E-state index contributed by atoms with van der Waals surface area (Å²) in [6.45, 7) is 7.34. The first-order valence-corrected chi connectivity index (χ1v) is 19.1. The van der Waals surface area contributed by atoms with Gasteiger partial charge in [-0.3, -0.25) is 29.3 Å². The van der Waals surface area contributed by atoms with Crippen LogP contribution in [0.3, 0.4) is 0 Å². The number of benzene rings is 1. The van der Waals surface area contributed by atoms with E-state index in [0.717, 1.165) is 0 Å². The summed E-state index contributed by atoms with van der Waals surface area (Å²) in [4.78, 5) is 102. The summed E-state index contributed by atoms with van der Waals surface area (Å²) < 4.78 is 11.0. The summed E-state index contributed by atoms with van der Waals surface area (Å²) in [7, 11) is 0. The largest absolute Gasteiger partial charge is 0.458 e. The van der Waals surface area contributed by atoms with Crippen LogP contribution in [0.15, 0.2) is 40.9 Å². The fourth-order valence-electron chi connectivity index (χ4n) is 8.02. The average molecular weight is 763 g/mol. The zero-order valence-electron chi connectivity index (χ0n) is 31.6. The lowest BCUT2D eigenvalue weighted by Gasteiger charge is -2.39. The molecule has 2 aromatic rings. The maximum Gasteiger partial charge on any atom is 0.329 e. The van der Waals surface area contributed by atoms with Gasteiger partial charge in [-0.25, -0.2) is 9.59 Å². The van der Waals surface area contributed by atoms with Crippen molar-refractivity contribution in [1.29, 1.82) is 0 Å². The number of urea groups is 1. The van der Waals surface area contributed by atoms with E-state index in [1.807, 2.05) is 13.0 Å². The molecule has 55 heavy (non-hydrogen) atoms. The van der Waals surface area contributed by atoms with Crippen LogP contribution in [0, 0.1) is 12.8 Å². The van der Waals surface area contributed by atoms with Crippen LogP contribution in [-0.4, -0.2) is 123 Å². The van der Waals surface area contributed by atoms with E-state index in [9.17, 15) is 33.6 Å². The number of ether oxygens (including phenoxy) is 1. The van der Waals surface area contributed by atoms with Gasteiger partial charge in [-0.15, -0.1) is 0 Å². The Morgan fingerprint density at radius 1 is 0.891 bits per heavy atom. The molecule has 296 valence electrons. The maximum absolute atomic E-state index is 14.7. The number of anilines is 1. The number of amides is 7. The number of cyclic esters (lactones) is 1. The van der Waals surface area contributed by atoms with E-state index in [2.05, 4.69) is 26.4 Å². The Labute approximate surface area is 319 Å². The van der Waals surface area contributed by atoms with Crippen molar-refractivity contribution in [3.63, 3.8) is 0 Å². The lowest BCUT2D eigenvalue weighted by Crippen LogP contribution is -2.63. The second-order valence-corrected chi connectivity index (χ2v) is 15.1. The van der Waals surface area contributed by atoms with Crippen LogP contribution in [-0.2, 0) is 39.9 Å². The van der Waals surface area contributed by atoms with Crippen LogP contribution in [0.2, 0.25) is 0 Å². The fraction of sp³-hybridized carbons (Fsp3) is 0.579. The average Bonchev–Trinajstić information content (AvgIpc) is 3.92. The van der Waals surface area contributed by atoms with Gasteiger partial charge in [0, 0.05) is 32.1 Å². The molecule has 4 N–H and O–H groups in total. The molecule has 4 aliphatic heterocycles. The number of esters is 1. The van der Waals surface area contributed by atoms with Gasteiger partial charge in [0.15, 0.2) is 5.82 Å². The molecular weight excluding hydrogens is 712 g/mol. The zero-order chi connectivity index (χ0) is 39.4. The minimum atomic E-state index is -1.48. The number of nitrogens with one attached hydrogen (secondary N) is 4. The van der Waals surface area contributed by atoms with Crippen LogP contribution in [0.1, 0.15) is 70.6 Å². The van der Waals surface area contributed by atoms with Gasteiger partial charge in [0.05, 0.1) is 0 Å². The van der Waals surface area contributed by atoms with Gasteiger partial charge in [0.1, 0.15) is 48.1 Å². The third-order valence-corrected chi connectivity index (χ3v) is 10.8. The Morgan fingerprint density at radius 2 is 1.60 bits per heavy atom. The first kappa shape index (κ1) is 39.2. The van der Waals surface area contributed by atoms with Crippen molar-refractivity contribution >= 4 is 47.4 Å². The second kappa shape index (κ2) is 16.9. The zero-order valence-corrected chi connectivity index (χ0v) is 31.6. The molecule has 17 heteroatoms. The number of rotatable bonds is 6. The Balaban J connectivity index is 1.32. The summed E-state index contributed by atoms with van der Waals surface area (Å²) >= 11 is 0. The monoisotopic (exact) mass is 762 g/mol. The molecule has 4 saturated heterocycles. The molecular formula is C38H50N8O9. The summed E-state index contributed by atoms with van der Waals surface area (Å²) in [6, 6.07) is 3.25. The highest BCUT2D eigenvalue weighted by Crippen LogP contribution is 2.29. The molecule has 0 spiro atoms. The van der Waals surface area contributed by atoms with E-state index in [0.29, 0.717) is 56.4 Å². The summed E-state index contributed by atoms with van der Waals surface area (Å²) in [5, 5.41) is 14.5. The van der Waals surface area contributed by atoms with Crippen molar-refractivity contribution in [2.75, 3.05) is 25.0 Å². The van der Waals surface area contributed by atoms with Crippen molar-refractivity contribution in [1.82, 2.24) is 35.8 Å². The van der Waals surface area contributed by atoms with Crippen LogP contribution in [0.25, 0.3) is 0 Å². The SMILES string of the molecule is Cc1cc(NC(=O)N[C@@H](Cc2ccccc2)C(=O)N[C@@H]2C(=O)N3CCC[C@H]3C(=O)N3CCCC[C@H]3C(=O)N[C@@H](C)C(=O)N3C[C@H](C)C[C@H]3C(=O)OC2C)no1. The predicted octanol–water partition coefficient (Wildman–Crippen LogP) is 1.26. The number of nitrogens with zero attached hydrogens (tertiary/aromatic N) is 4. The number of hydrogen-bond acceptors (Lipinski definition) is 10. The first-order valence-electron chi connectivity index (χ1n) is 19.1. The Bertz CT molecular complexity index is 1790. The number of carbonyl (C=O) groups is 7. The van der Waals surface area contributed by atoms with Crippen LogP contribution in [0.5, 0.6) is 0 Å². The molecule has 17 nitrogen and oxygen atoms in total. The predicted molar refractivity (Wildman–Crippen MR) is 196 cm³/mol. The summed E-state index contributed by atoms with van der Waals surface area (Å²) in [6.07, 6.45) is 1.65. The smallest absolute Gasteiger partial charge is 0.329 e. The van der Waals surface area contributed by atoms with Gasteiger partial charge in [-0.2, -0.15) is 0 Å². The Hall–Kier alpha value is -5.48. The number of piperidine rings is 1.